The second-order valence-electron chi connectivity index (χ2n) is 4.96. The van der Waals surface area contributed by atoms with Gasteiger partial charge in [0, 0.05) is 35.0 Å². The molecule has 0 aromatic heterocycles. The molecule has 9 heteroatoms. The first-order chi connectivity index (χ1) is 10.8. The first-order valence-corrected chi connectivity index (χ1v) is 6.99. The number of esters is 3. The standard InChI is InChI=1S/C14H22O9/c1-7(15)20-11-10(6-18-4)23-14(22-9(3)17)13(19-5)12(11)21-8(2)16/h10-14H,6H2,1-5H3/t10?,11-,12?,13?,14-/m1/s1. The molecule has 0 radical (unpaired) electrons. The monoisotopic (exact) mass is 334 g/mol. The Bertz CT molecular complexity index is 436. The van der Waals surface area contributed by atoms with Gasteiger partial charge in [0.25, 0.3) is 0 Å². The summed E-state index contributed by atoms with van der Waals surface area (Å²) < 4.78 is 31.4. The van der Waals surface area contributed by atoms with Crippen molar-refractivity contribution in [3.05, 3.63) is 0 Å². The third kappa shape index (κ3) is 5.45. The van der Waals surface area contributed by atoms with E-state index in [1.54, 1.807) is 0 Å². The van der Waals surface area contributed by atoms with Crippen LogP contribution in [0, 0.1) is 0 Å². The molecule has 0 N–H and O–H groups in total. The maximum Gasteiger partial charge on any atom is 0.305 e. The lowest BCUT2D eigenvalue weighted by Crippen LogP contribution is -2.62. The largest absolute Gasteiger partial charge is 0.456 e. The summed E-state index contributed by atoms with van der Waals surface area (Å²) in [5, 5.41) is 0. The molecule has 23 heavy (non-hydrogen) atoms. The lowest BCUT2D eigenvalue weighted by Gasteiger charge is -2.43. The first-order valence-electron chi connectivity index (χ1n) is 6.99. The molecule has 5 atom stereocenters. The summed E-state index contributed by atoms with van der Waals surface area (Å²) in [5.41, 5.74) is 0. The van der Waals surface area contributed by atoms with Gasteiger partial charge in [0.15, 0.2) is 18.3 Å². The molecule has 1 saturated heterocycles. The van der Waals surface area contributed by atoms with Gasteiger partial charge < -0.3 is 28.4 Å². The van der Waals surface area contributed by atoms with Crippen LogP contribution in [0.4, 0.5) is 0 Å². The zero-order chi connectivity index (χ0) is 17.6. The summed E-state index contributed by atoms with van der Waals surface area (Å²) in [5.74, 6) is -1.78. The normalized spacial score (nSPS) is 30.4. The highest BCUT2D eigenvalue weighted by molar-refractivity contribution is 5.68. The maximum atomic E-state index is 11.4. The molecule has 0 aromatic carbocycles. The van der Waals surface area contributed by atoms with Crippen molar-refractivity contribution in [1.29, 1.82) is 0 Å². The van der Waals surface area contributed by atoms with Crippen LogP contribution in [0.25, 0.3) is 0 Å². The van der Waals surface area contributed by atoms with Crippen LogP contribution < -0.4 is 0 Å². The van der Waals surface area contributed by atoms with Gasteiger partial charge in [-0.25, -0.2) is 0 Å². The molecule has 1 rings (SSSR count). The zero-order valence-electron chi connectivity index (χ0n) is 13.8. The molecule has 1 heterocycles. The van der Waals surface area contributed by atoms with E-state index in [1.807, 2.05) is 0 Å². The van der Waals surface area contributed by atoms with E-state index in [0.717, 1.165) is 0 Å². The van der Waals surface area contributed by atoms with Gasteiger partial charge in [-0.05, 0) is 0 Å². The molecular formula is C14H22O9. The Morgan fingerprint density at radius 1 is 0.826 bits per heavy atom. The lowest BCUT2D eigenvalue weighted by atomic mass is 9.98. The Kier molecular flexibility index (Phi) is 7.40. The number of hydrogen-bond acceptors (Lipinski definition) is 9. The average Bonchev–Trinajstić information content (AvgIpc) is 2.41. The molecule has 0 bridgehead atoms. The number of carbonyl (C=O) groups excluding carboxylic acids is 3. The summed E-state index contributed by atoms with van der Waals surface area (Å²) >= 11 is 0. The highest BCUT2D eigenvalue weighted by atomic mass is 16.7. The van der Waals surface area contributed by atoms with Gasteiger partial charge in [0.1, 0.15) is 6.10 Å². The van der Waals surface area contributed by atoms with E-state index in [4.69, 9.17) is 28.4 Å². The summed E-state index contributed by atoms with van der Waals surface area (Å²) in [7, 11) is 2.76. The Labute approximate surface area is 134 Å². The third-order valence-electron chi connectivity index (χ3n) is 3.08. The molecule has 1 aliphatic heterocycles. The fourth-order valence-corrected chi connectivity index (χ4v) is 2.34. The topological polar surface area (TPSA) is 107 Å². The highest BCUT2D eigenvalue weighted by Crippen LogP contribution is 2.29. The molecule has 3 unspecified atom stereocenters. The van der Waals surface area contributed by atoms with Crippen molar-refractivity contribution in [2.45, 2.75) is 51.5 Å². The second kappa shape index (κ2) is 8.80. The van der Waals surface area contributed by atoms with Crippen molar-refractivity contribution in [2.24, 2.45) is 0 Å². The zero-order valence-corrected chi connectivity index (χ0v) is 13.8. The van der Waals surface area contributed by atoms with E-state index in [1.165, 1.54) is 35.0 Å². The van der Waals surface area contributed by atoms with E-state index in [0.29, 0.717) is 0 Å². The Balaban J connectivity index is 3.13. The van der Waals surface area contributed by atoms with Crippen LogP contribution in [-0.2, 0) is 42.8 Å². The van der Waals surface area contributed by atoms with E-state index >= 15 is 0 Å². The molecule has 0 amide bonds. The number of hydrogen-bond donors (Lipinski definition) is 0. The average molecular weight is 334 g/mol. The fraction of sp³-hybridized carbons (Fsp3) is 0.786. The van der Waals surface area contributed by atoms with Gasteiger partial charge in [0.05, 0.1) is 6.61 Å². The van der Waals surface area contributed by atoms with Crippen LogP contribution in [0.15, 0.2) is 0 Å². The molecule has 9 nitrogen and oxygen atoms in total. The van der Waals surface area contributed by atoms with Crippen LogP contribution in [0.2, 0.25) is 0 Å². The van der Waals surface area contributed by atoms with Crippen molar-refractivity contribution < 1.29 is 42.8 Å². The van der Waals surface area contributed by atoms with Gasteiger partial charge >= 0.3 is 17.9 Å². The summed E-state index contributed by atoms with van der Waals surface area (Å²) in [4.78, 5) is 34.0. The number of ether oxygens (including phenoxy) is 6. The van der Waals surface area contributed by atoms with Crippen LogP contribution >= 0.6 is 0 Å². The van der Waals surface area contributed by atoms with E-state index < -0.39 is 48.6 Å². The smallest absolute Gasteiger partial charge is 0.305 e. The van der Waals surface area contributed by atoms with Crippen LogP contribution in [0.5, 0.6) is 0 Å². The molecule has 1 aliphatic rings. The van der Waals surface area contributed by atoms with Crippen LogP contribution in [0.1, 0.15) is 20.8 Å². The molecule has 132 valence electrons. The van der Waals surface area contributed by atoms with Crippen molar-refractivity contribution in [3.8, 4) is 0 Å². The Hall–Kier alpha value is -1.71. The minimum Gasteiger partial charge on any atom is -0.456 e. The van der Waals surface area contributed by atoms with Gasteiger partial charge in [-0.1, -0.05) is 0 Å². The minimum absolute atomic E-state index is 0.0317. The molecular weight excluding hydrogens is 312 g/mol. The SMILES string of the molecule is COCC1O[C@@H](OC(C)=O)C(OC)C(OC(C)=O)[C@@H]1OC(C)=O. The van der Waals surface area contributed by atoms with Gasteiger partial charge in [-0.15, -0.1) is 0 Å². The molecule has 1 fully saturated rings. The number of rotatable bonds is 6. The number of methoxy groups -OCH3 is 2. The van der Waals surface area contributed by atoms with Crippen molar-refractivity contribution >= 4 is 17.9 Å². The second-order valence-corrected chi connectivity index (χ2v) is 4.96. The van der Waals surface area contributed by atoms with Gasteiger partial charge in [-0.3, -0.25) is 14.4 Å². The Morgan fingerprint density at radius 2 is 1.35 bits per heavy atom. The minimum atomic E-state index is -1.13. The van der Waals surface area contributed by atoms with Gasteiger partial charge in [0.2, 0.25) is 6.29 Å². The molecule has 0 aliphatic carbocycles. The maximum absolute atomic E-state index is 11.4. The molecule has 0 saturated carbocycles. The first kappa shape index (κ1) is 19.3. The van der Waals surface area contributed by atoms with Crippen molar-refractivity contribution in [2.75, 3.05) is 20.8 Å². The van der Waals surface area contributed by atoms with Crippen LogP contribution in [-0.4, -0.2) is 69.4 Å². The summed E-state index contributed by atoms with van der Waals surface area (Å²) in [6.07, 6.45) is -4.87. The van der Waals surface area contributed by atoms with Crippen molar-refractivity contribution in [3.63, 3.8) is 0 Å². The summed E-state index contributed by atoms with van der Waals surface area (Å²) in [6.45, 7) is 3.66. The van der Waals surface area contributed by atoms with E-state index in [2.05, 4.69) is 0 Å². The quantitative estimate of drug-likeness (QED) is 0.482. The number of carbonyl (C=O) groups is 3. The predicted molar refractivity (Wildman–Crippen MR) is 74.2 cm³/mol. The molecule has 0 spiro atoms. The Morgan fingerprint density at radius 3 is 1.78 bits per heavy atom. The predicted octanol–water partition coefficient (Wildman–Crippen LogP) is -0.201. The molecule has 0 aromatic rings. The van der Waals surface area contributed by atoms with E-state index in [9.17, 15) is 14.4 Å². The summed E-state index contributed by atoms with van der Waals surface area (Å²) in [6, 6.07) is 0. The highest BCUT2D eigenvalue weighted by Gasteiger charge is 2.51. The van der Waals surface area contributed by atoms with E-state index in [-0.39, 0.29) is 6.61 Å². The fourth-order valence-electron chi connectivity index (χ4n) is 2.34. The van der Waals surface area contributed by atoms with Gasteiger partial charge in [-0.2, -0.15) is 0 Å². The lowest BCUT2D eigenvalue weighted by molar-refractivity contribution is -0.301. The van der Waals surface area contributed by atoms with Crippen molar-refractivity contribution in [1.82, 2.24) is 0 Å². The third-order valence-corrected chi connectivity index (χ3v) is 3.08. The van der Waals surface area contributed by atoms with Crippen LogP contribution in [0.3, 0.4) is 0 Å².